The van der Waals surface area contributed by atoms with Gasteiger partial charge >= 0.3 is 12.1 Å². The van der Waals surface area contributed by atoms with Gasteiger partial charge < -0.3 is 77.8 Å². The second-order valence-electron chi connectivity index (χ2n) is 28.4. The number of urea groups is 1. The lowest BCUT2D eigenvalue weighted by Gasteiger charge is -2.41. The highest BCUT2D eigenvalue weighted by atomic mass is 32.2. The van der Waals surface area contributed by atoms with Crippen LogP contribution >= 0.6 is 11.8 Å². The number of carbonyl (C=O) groups excluding carboxylic acids is 13. The van der Waals surface area contributed by atoms with Crippen LogP contribution in [0.4, 0.5) is 15.3 Å². The van der Waals surface area contributed by atoms with Crippen molar-refractivity contribution in [2.45, 2.75) is 218 Å². The van der Waals surface area contributed by atoms with Crippen molar-refractivity contribution in [1.29, 1.82) is 0 Å². The van der Waals surface area contributed by atoms with E-state index in [2.05, 4.69) is 42.1 Å². The van der Waals surface area contributed by atoms with Crippen LogP contribution < -0.4 is 54.6 Å². The Labute approximate surface area is 626 Å². The minimum atomic E-state index is -1.16. The summed E-state index contributed by atoms with van der Waals surface area (Å²) < 4.78 is 17.8. The fraction of sp³-hybridized carbons (Fsp3) is 0.658. The van der Waals surface area contributed by atoms with Crippen molar-refractivity contribution >= 4 is 94.6 Å². The van der Waals surface area contributed by atoms with Crippen LogP contribution in [0.5, 0.6) is 0 Å². The zero-order valence-corrected chi connectivity index (χ0v) is 64.7. The van der Waals surface area contributed by atoms with Crippen molar-refractivity contribution in [2.75, 3.05) is 65.6 Å². The molecule has 2 saturated heterocycles. The van der Waals surface area contributed by atoms with Gasteiger partial charge in [0, 0.05) is 72.2 Å². The first-order valence-electron chi connectivity index (χ1n) is 36.4. The zero-order chi connectivity index (χ0) is 79.2. The van der Waals surface area contributed by atoms with Gasteiger partial charge in [0.1, 0.15) is 43.4 Å². The molecule has 0 spiro atoms. The molecular weight excluding hydrogens is 1390 g/mol. The summed E-state index contributed by atoms with van der Waals surface area (Å²) in [5.74, 6) is -3.14. The maximum Gasteiger partial charge on any atom is 0.410 e. The summed E-state index contributed by atoms with van der Waals surface area (Å²) in [6.45, 7) is 17.7. The summed E-state index contributed by atoms with van der Waals surface area (Å²) in [7, 11) is 6.04. The number of ether oxygens (including phenoxy) is 3. The van der Waals surface area contributed by atoms with E-state index in [1.54, 1.807) is 104 Å². The minimum Gasteiger partial charge on any atom is -0.445 e. The van der Waals surface area contributed by atoms with Crippen LogP contribution in [0.3, 0.4) is 0 Å². The number of methoxy groups -OCH3 is 2. The molecule has 2 aliphatic heterocycles. The normalized spacial score (nSPS) is 17.8. The van der Waals surface area contributed by atoms with Crippen LogP contribution in [0.1, 0.15) is 157 Å². The van der Waals surface area contributed by atoms with Crippen LogP contribution in [0.15, 0.2) is 54.6 Å². The number of nitrogens with one attached hydrogen (secondary N) is 7. The second-order valence-corrected chi connectivity index (χ2v) is 29.6. The van der Waals surface area contributed by atoms with Gasteiger partial charge in [-0.25, -0.2) is 15.5 Å². The number of anilines is 1. The van der Waals surface area contributed by atoms with Crippen LogP contribution in [-0.4, -0.2) is 228 Å². The molecule has 2 aromatic rings. The average molecular weight is 1510 g/mol. The first kappa shape index (κ1) is 89.9. The largest absolute Gasteiger partial charge is 0.445 e. The maximum atomic E-state index is 14.9. The Morgan fingerprint density at radius 2 is 1.38 bits per heavy atom. The number of unbranched alkanes of at least 4 members (excludes halogenated alkanes) is 2. The number of aliphatic hydroxyl groups is 1. The van der Waals surface area contributed by atoms with Gasteiger partial charge in [0.25, 0.3) is 0 Å². The summed E-state index contributed by atoms with van der Waals surface area (Å²) in [5, 5.41) is 29.2. The number of likely N-dealkylation sites (tertiary alicyclic amines) is 2. The van der Waals surface area contributed by atoms with E-state index in [1.165, 1.54) is 26.2 Å². The molecule has 14 N–H and O–H groups in total. The molecule has 0 bridgehead atoms. The van der Waals surface area contributed by atoms with Crippen molar-refractivity contribution in [2.24, 2.45) is 47.0 Å². The summed E-state index contributed by atoms with van der Waals surface area (Å²) in [6.07, 6.45) is -0.204. The third kappa shape index (κ3) is 27.1. The van der Waals surface area contributed by atoms with Gasteiger partial charge in [0.15, 0.2) is 0 Å². The number of thioether (sulfide) groups is 1. The molecule has 2 heterocycles. The third-order valence-electron chi connectivity index (χ3n) is 19.4. The Kier molecular flexibility index (Phi) is 37.8. The molecule has 14 atom stereocenters. The van der Waals surface area contributed by atoms with Gasteiger partial charge in [-0.2, -0.15) is 0 Å². The summed E-state index contributed by atoms with van der Waals surface area (Å²) in [4.78, 5) is 183. The van der Waals surface area contributed by atoms with E-state index < -0.39 is 167 Å². The number of amides is 14. The highest BCUT2D eigenvalue weighted by Gasteiger charge is 2.45. The number of benzene rings is 2. The molecule has 0 aliphatic carbocycles. The molecule has 0 aromatic heterocycles. The Hall–Kier alpha value is -8.50. The number of hydrogen-bond donors (Lipinski definition) is 11. The summed E-state index contributed by atoms with van der Waals surface area (Å²) in [6, 6.07) is 7.29. The fourth-order valence-corrected chi connectivity index (χ4v) is 14.4. The highest BCUT2D eigenvalue weighted by Crippen LogP contribution is 2.31. The van der Waals surface area contributed by atoms with Crippen molar-refractivity contribution < 1.29 is 86.5 Å². The number of likely N-dealkylation sites (N-methyl/N-ethyl adjacent to an activating group) is 2. The average Bonchev–Trinajstić information content (AvgIpc) is 1.41. The molecule has 4 rings (SSSR count). The predicted octanol–water partition coefficient (Wildman–Crippen LogP) is 2.87. The lowest BCUT2D eigenvalue weighted by atomic mass is 9.89. The van der Waals surface area contributed by atoms with Gasteiger partial charge in [0.2, 0.25) is 65.0 Å². The molecule has 33 heteroatoms. The summed E-state index contributed by atoms with van der Waals surface area (Å²) >= 11 is 1.01. The first-order chi connectivity index (χ1) is 50.1. The number of primary amides is 2. The zero-order valence-electron chi connectivity index (χ0n) is 63.8. The number of rotatable bonds is 45. The van der Waals surface area contributed by atoms with Crippen molar-refractivity contribution in [3.63, 3.8) is 0 Å². The van der Waals surface area contributed by atoms with Gasteiger partial charge in [-0.1, -0.05) is 118 Å². The number of nitrogens with two attached hydrogens (primary N) is 3. The quantitative estimate of drug-likeness (QED) is 0.0258. The van der Waals surface area contributed by atoms with Crippen LogP contribution in [0, 0.1) is 29.6 Å². The van der Waals surface area contributed by atoms with Crippen molar-refractivity contribution in [3.05, 3.63) is 65.7 Å². The number of nitrogens with zero attached hydrogens (tertiary/aromatic N) is 4. The topological polar surface area (TPSA) is 454 Å². The second kappa shape index (κ2) is 44.6. The Morgan fingerprint density at radius 3 is 1.96 bits per heavy atom. The highest BCUT2D eigenvalue weighted by molar-refractivity contribution is 8.00. The lowest BCUT2D eigenvalue weighted by Crippen LogP contribution is -2.60. The Morgan fingerprint density at radius 1 is 0.717 bits per heavy atom. The SMILES string of the molecule is CCC(C)[C@@H]([C@@H](CC(=O)N1CCC[C@H]1[C@H](OC)[C@@H](C)C(=O)N[C@H](C)[C@@H](O)c1ccccc1)OC)N(C)C(=O)[C@@H](NC(=O)[C@H](C(C)C)N(C)C(=O)OCc1ccc(NC(=O)[C@@H](CCCNC(N)=O)NC(=O)[C@@H](NC(=O)CCCCCN2C(=O)CC(SCC(NC(=O)CON)C(N)=O)C2=O)C(C)C)cc1)C(C)C. The van der Waals surface area contributed by atoms with E-state index >= 15 is 0 Å². The lowest BCUT2D eigenvalue weighted by molar-refractivity contribution is -0.148. The van der Waals surface area contributed by atoms with E-state index in [0.29, 0.717) is 61.9 Å². The fourth-order valence-electron chi connectivity index (χ4n) is 13.1. The molecule has 106 heavy (non-hydrogen) atoms. The van der Waals surface area contributed by atoms with Crippen LogP contribution in [0.2, 0.25) is 0 Å². The van der Waals surface area contributed by atoms with Crippen molar-refractivity contribution in [1.82, 2.24) is 51.5 Å². The van der Waals surface area contributed by atoms with Gasteiger partial charge in [0.05, 0.1) is 54.0 Å². The minimum absolute atomic E-state index is 0.00176. The molecule has 2 fully saturated rings. The van der Waals surface area contributed by atoms with E-state index in [0.717, 1.165) is 21.6 Å². The molecule has 3 unspecified atom stereocenters. The molecule has 0 saturated carbocycles. The van der Waals surface area contributed by atoms with Crippen molar-refractivity contribution in [3.8, 4) is 0 Å². The smallest absolute Gasteiger partial charge is 0.410 e. The van der Waals surface area contributed by atoms with Gasteiger partial charge in [-0.3, -0.25) is 67.4 Å². The monoisotopic (exact) mass is 1510 g/mol. The van der Waals surface area contributed by atoms with E-state index in [4.69, 9.17) is 31.6 Å². The van der Waals surface area contributed by atoms with Crippen LogP contribution in [-0.2, 0) is 78.4 Å². The predicted molar refractivity (Wildman–Crippen MR) is 396 cm³/mol. The molecule has 2 aromatic carbocycles. The molecule has 0 radical (unpaired) electrons. The Balaban J connectivity index is 1.34. The maximum absolute atomic E-state index is 14.9. The first-order valence-corrected chi connectivity index (χ1v) is 37.4. The number of aliphatic hydroxyl groups excluding tert-OH is 1. The number of imide groups is 1. The van der Waals surface area contributed by atoms with Gasteiger partial charge in [-0.15, -0.1) is 11.8 Å². The molecular formula is C73H116N14O18S. The molecule has 14 amide bonds. The summed E-state index contributed by atoms with van der Waals surface area (Å²) in [5.41, 5.74) is 12.1. The molecule has 32 nitrogen and oxygen atoms in total. The van der Waals surface area contributed by atoms with Gasteiger partial charge in [-0.05, 0) is 92.4 Å². The number of hydrogen-bond acceptors (Lipinski definition) is 20. The molecule has 592 valence electrons. The van der Waals surface area contributed by atoms with Crippen LogP contribution in [0.25, 0.3) is 0 Å². The van der Waals surface area contributed by atoms with E-state index in [9.17, 15) is 67.4 Å². The molecule has 2 aliphatic rings. The number of carbonyl (C=O) groups is 13. The standard InChI is InChI=1S/C73H116N14O18S/c1-15-44(8)62(53(102-13)36-57(90)86-35-23-27-52(86)64(103-14)45(9)66(94)78-46(10)63(92)48-24-18-16-19-25-48)84(11)71(99)60(42(4)5)83-69(97)61(43(6)7)85(12)73(101)104-38-47-29-31-49(32-30-47)79-67(95)50(26-22-33-77-72(75)100)81-68(96)59(41(2)3)82-55(88)28-20-17-21-34-87-58(91)37-54(70(87)98)106-40-51(65(74)93)80-56(89)39-105-76/h16,18-19,24-25,29-32,41-46,50-54,59-64,92H,15,17,20-23,26-28,33-40,76H2,1-14H3,(H2,74,93)(H,78,94)(H,79,95)(H,80,89)(H,81,96)(H,82,88)(H,83,97)(H3,75,77,100)/t44?,45-,46-,50-,51?,52+,53-,54?,59+,60+,61+,62+,63-,64-/m1/s1. The van der Waals surface area contributed by atoms with E-state index in [-0.39, 0.29) is 75.3 Å². The Bertz CT molecular complexity index is 3260. The van der Waals surface area contributed by atoms with E-state index in [1.807, 2.05) is 32.0 Å². The third-order valence-corrected chi connectivity index (χ3v) is 20.7.